The van der Waals surface area contributed by atoms with E-state index in [1.807, 2.05) is 29.7 Å². The Hall–Kier alpha value is -2.62. The predicted molar refractivity (Wildman–Crippen MR) is 114 cm³/mol. The van der Waals surface area contributed by atoms with Crippen LogP contribution in [0.1, 0.15) is 6.92 Å². The van der Waals surface area contributed by atoms with Crippen molar-refractivity contribution in [2.45, 2.75) is 18.6 Å². The zero-order chi connectivity index (χ0) is 21.0. The lowest BCUT2D eigenvalue weighted by Gasteiger charge is -2.09. The fourth-order valence-electron chi connectivity index (χ4n) is 2.58. The molecule has 0 atom stereocenters. The highest BCUT2D eigenvalue weighted by atomic mass is 35.5. The number of halogens is 2. The van der Waals surface area contributed by atoms with E-state index in [2.05, 4.69) is 15.5 Å². The number of nitrogens with one attached hydrogen (secondary N) is 1. The molecule has 1 aromatic heterocycles. The molecule has 0 fully saturated rings. The number of carbonyl (C=O) groups excluding carboxylic acids is 1. The van der Waals surface area contributed by atoms with Crippen molar-refractivity contribution in [3.05, 3.63) is 62.6 Å². The molecule has 0 aliphatic carbocycles. The summed E-state index contributed by atoms with van der Waals surface area (Å²) >= 11 is 13.2. The van der Waals surface area contributed by atoms with Crippen LogP contribution in [0.4, 0.5) is 11.4 Å². The van der Waals surface area contributed by atoms with Gasteiger partial charge >= 0.3 is 0 Å². The predicted octanol–water partition coefficient (Wildman–Crippen LogP) is 4.91. The minimum Gasteiger partial charge on any atom is -0.325 e. The number of rotatable bonds is 7. The van der Waals surface area contributed by atoms with E-state index < -0.39 is 4.92 Å². The zero-order valence-electron chi connectivity index (χ0n) is 15.1. The topological polar surface area (TPSA) is 103 Å². The molecule has 1 N–H and O–H groups in total. The molecule has 0 saturated carbocycles. The van der Waals surface area contributed by atoms with Gasteiger partial charge in [0.05, 0.1) is 15.7 Å². The molecule has 3 aromatic rings. The van der Waals surface area contributed by atoms with Gasteiger partial charge < -0.3 is 9.88 Å². The van der Waals surface area contributed by atoms with Crippen LogP contribution in [-0.2, 0) is 11.3 Å². The molecule has 8 nitrogen and oxygen atoms in total. The lowest BCUT2D eigenvalue weighted by molar-refractivity contribution is -0.384. The fraction of sp³-hybridized carbons (Fsp3) is 0.167. The van der Waals surface area contributed by atoms with Gasteiger partial charge in [-0.1, -0.05) is 47.1 Å². The number of nitro groups is 1. The van der Waals surface area contributed by atoms with Crippen LogP contribution in [0, 0.1) is 10.1 Å². The maximum absolute atomic E-state index is 12.3. The maximum Gasteiger partial charge on any atom is 0.289 e. The SMILES string of the molecule is CCn1c(SCC(=O)Nc2ccc(Cl)c([N+](=O)[O-])c2)nnc1-c1ccccc1Cl. The largest absolute Gasteiger partial charge is 0.325 e. The number of carbonyl (C=O) groups is 1. The summed E-state index contributed by atoms with van der Waals surface area (Å²) in [5.41, 5.74) is 0.779. The number of nitrogens with zero attached hydrogens (tertiary/aromatic N) is 4. The lowest BCUT2D eigenvalue weighted by atomic mass is 10.2. The molecule has 0 spiro atoms. The molecule has 0 aliphatic heterocycles. The number of nitro benzene ring substituents is 1. The maximum atomic E-state index is 12.3. The third kappa shape index (κ3) is 4.87. The van der Waals surface area contributed by atoms with Gasteiger partial charge in [0, 0.05) is 23.9 Å². The third-order valence-corrected chi connectivity index (χ3v) is 5.52. The Morgan fingerprint density at radius 1 is 1.21 bits per heavy atom. The molecule has 29 heavy (non-hydrogen) atoms. The number of thioether (sulfide) groups is 1. The van der Waals surface area contributed by atoms with Gasteiger partial charge in [0.2, 0.25) is 5.91 Å². The average Bonchev–Trinajstić information content (AvgIpc) is 3.10. The van der Waals surface area contributed by atoms with E-state index in [4.69, 9.17) is 23.2 Å². The summed E-state index contributed by atoms with van der Waals surface area (Å²) in [4.78, 5) is 22.6. The van der Waals surface area contributed by atoms with Crippen molar-refractivity contribution in [1.82, 2.24) is 14.8 Å². The van der Waals surface area contributed by atoms with Gasteiger partial charge in [-0.15, -0.1) is 10.2 Å². The van der Waals surface area contributed by atoms with Crippen molar-refractivity contribution < 1.29 is 9.72 Å². The lowest BCUT2D eigenvalue weighted by Crippen LogP contribution is -2.14. The summed E-state index contributed by atoms with van der Waals surface area (Å²) in [5.74, 6) is 0.336. The van der Waals surface area contributed by atoms with E-state index in [0.29, 0.717) is 28.2 Å². The second-order valence-electron chi connectivity index (χ2n) is 5.79. The van der Waals surface area contributed by atoms with Crippen molar-refractivity contribution in [3.8, 4) is 11.4 Å². The van der Waals surface area contributed by atoms with Crippen LogP contribution in [0.25, 0.3) is 11.4 Å². The third-order valence-electron chi connectivity index (χ3n) is 3.91. The Balaban J connectivity index is 1.70. The summed E-state index contributed by atoms with van der Waals surface area (Å²) in [6.07, 6.45) is 0. The van der Waals surface area contributed by atoms with Crippen LogP contribution >= 0.6 is 35.0 Å². The molecule has 2 aromatic carbocycles. The van der Waals surface area contributed by atoms with Crippen molar-refractivity contribution in [3.63, 3.8) is 0 Å². The number of hydrogen-bond acceptors (Lipinski definition) is 6. The van der Waals surface area contributed by atoms with Crippen LogP contribution < -0.4 is 5.32 Å². The Labute approximate surface area is 180 Å². The van der Waals surface area contributed by atoms with Gasteiger partial charge in [-0.3, -0.25) is 14.9 Å². The first kappa shape index (κ1) is 21.1. The summed E-state index contributed by atoms with van der Waals surface area (Å²) in [7, 11) is 0. The summed E-state index contributed by atoms with van der Waals surface area (Å²) in [5, 5.41) is 23.1. The smallest absolute Gasteiger partial charge is 0.289 e. The monoisotopic (exact) mass is 451 g/mol. The molecule has 1 heterocycles. The highest BCUT2D eigenvalue weighted by Crippen LogP contribution is 2.30. The quantitative estimate of drug-likeness (QED) is 0.310. The minimum absolute atomic E-state index is 0.00511. The van der Waals surface area contributed by atoms with Crippen LogP contribution in [0.3, 0.4) is 0 Å². The molecular formula is C18H15Cl2N5O3S. The first-order chi connectivity index (χ1) is 13.9. The van der Waals surface area contributed by atoms with E-state index >= 15 is 0 Å². The van der Waals surface area contributed by atoms with E-state index in [-0.39, 0.29) is 22.4 Å². The van der Waals surface area contributed by atoms with Crippen LogP contribution in [0.5, 0.6) is 0 Å². The number of anilines is 1. The van der Waals surface area contributed by atoms with Crippen molar-refractivity contribution in [2.75, 3.05) is 11.1 Å². The standard InChI is InChI=1S/C18H15Cl2N5O3S/c1-2-24-17(12-5-3-4-6-13(12)19)22-23-18(24)29-10-16(26)21-11-7-8-14(20)15(9-11)25(27)28/h3-9H,2,10H2,1H3,(H,21,26). The summed E-state index contributed by atoms with van der Waals surface area (Å²) in [6, 6.07) is 11.4. The zero-order valence-corrected chi connectivity index (χ0v) is 17.5. The van der Waals surface area contributed by atoms with Gasteiger partial charge in [-0.05, 0) is 31.2 Å². The number of hydrogen-bond donors (Lipinski definition) is 1. The second-order valence-corrected chi connectivity index (χ2v) is 7.55. The van der Waals surface area contributed by atoms with E-state index in [1.165, 1.54) is 30.0 Å². The number of amides is 1. The Morgan fingerprint density at radius 2 is 1.97 bits per heavy atom. The van der Waals surface area contributed by atoms with E-state index in [9.17, 15) is 14.9 Å². The number of benzene rings is 2. The van der Waals surface area contributed by atoms with E-state index in [0.717, 1.165) is 5.56 Å². The molecule has 3 rings (SSSR count). The second kappa shape index (κ2) is 9.25. The molecular weight excluding hydrogens is 437 g/mol. The molecule has 0 saturated heterocycles. The molecule has 150 valence electrons. The highest BCUT2D eigenvalue weighted by molar-refractivity contribution is 7.99. The van der Waals surface area contributed by atoms with Gasteiger partial charge in [0.1, 0.15) is 5.02 Å². The first-order valence-electron chi connectivity index (χ1n) is 8.45. The van der Waals surface area contributed by atoms with Crippen molar-refractivity contribution >= 4 is 52.2 Å². The molecule has 0 unspecified atom stereocenters. The number of aromatic nitrogens is 3. The molecule has 0 bridgehead atoms. The summed E-state index contributed by atoms with van der Waals surface area (Å²) < 4.78 is 1.87. The molecule has 11 heteroatoms. The van der Waals surface area contributed by atoms with Crippen molar-refractivity contribution in [1.29, 1.82) is 0 Å². The molecule has 1 amide bonds. The first-order valence-corrected chi connectivity index (χ1v) is 10.2. The van der Waals surface area contributed by atoms with Crippen LogP contribution in [0.15, 0.2) is 47.6 Å². The van der Waals surface area contributed by atoms with Crippen molar-refractivity contribution in [2.24, 2.45) is 0 Å². The minimum atomic E-state index is -0.604. The van der Waals surface area contributed by atoms with E-state index in [1.54, 1.807) is 6.07 Å². The molecule has 0 aliphatic rings. The van der Waals surface area contributed by atoms with Gasteiger partial charge in [-0.25, -0.2) is 0 Å². The summed E-state index contributed by atoms with van der Waals surface area (Å²) in [6.45, 7) is 2.54. The van der Waals surface area contributed by atoms with Crippen LogP contribution in [-0.4, -0.2) is 31.3 Å². The van der Waals surface area contributed by atoms with Gasteiger partial charge in [0.25, 0.3) is 5.69 Å². The molecule has 0 radical (unpaired) electrons. The van der Waals surface area contributed by atoms with Crippen LogP contribution in [0.2, 0.25) is 10.0 Å². The van der Waals surface area contributed by atoms with Gasteiger partial charge in [0.15, 0.2) is 11.0 Å². The average molecular weight is 452 g/mol. The normalized spacial score (nSPS) is 10.7. The van der Waals surface area contributed by atoms with Gasteiger partial charge in [-0.2, -0.15) is 0 Å². The Bertz CT molecular complexity index is 1070. The fourth-order valence-corrected chi connectivity index (χ4v) is 3.79. The Kier molecular flexibility index (Phi) is 6.73. The Morgan fingerprint density at radius 3 is 2.66 bits per heavy atom. The highest BCUT2D eigenvalue weighted by Gasteiger charge is 2.17.